The van der Waals surface area contributed by atoms with Crippen LogP contribution in [0.4, 0.5) is 0 Å². The van der Waals surface area contributed by atoms with Gasteiger partial charge in [0.2, 0.25) is 10.0 Å². The van der Waals surface area contributed by atoms with Gasteiger partial charge in [0.15, 0.2) is 0 Å². The molecule has 0 aromatic heterocycles. The second-order valence-electron chi connectivity index (χ2n) is 4.11. The fourth-order valence-electron chi connectivity index (χ4n) is 1.24. The van der Waals surface area contributed by atoms with Crippen molar-refractivity contribution in [1.29, 1.82) is 5.26 Å². The maximum Gasteiger partial charge on any atom is 0.239 e. The molecule has 6 nitrogen and oxygen atoms in total. The van der Waals surface area contributed by atoms with Crippen molar-refractivity contribution in [2.24, 2.45) is 16.8 Å². The van der Waals surface area contributed by atoms with Gasteiger partial charge in [-0.25, -0.2) is 13.6 Å². The van der Waals surface area contributed by atoms with E-state index in [2.05, 4.69) is 0 Å². The zero-order valence-electron chi connectivity index (χ0n) is 10.1. The van der Waals surface area contributed by atoms with Crippen LogP contribution < -0.4 is 15.6 Å². The van der Waals surface area contributed by atoms with Crippen LogP contribution in [0, 0.1) is 17.2 Å². The molecule has 1 rings (SSSR count). The predicted molar refractivity (Wildman–Crippen MR) is 66.0 cm³/mol. The quantitative estimate of drug-likeness (QED) is 0.772. The summed E-state index contributed by atoms with van der Waals surface area (Å²) in [6, 6.07) is 5.96. The summed E-state index contributed by atoms with van der Waals surface area (Å²) in [7, 11) is -3.97. The summed E-state index contributed by atoms with van der Waals surface area (Å²) >= 11 is 0. The number of sulfonamides is 1. The first-order valence-electron chi connectivity index (χ1n) is 5.25. The monoisotopic (exact) mass is 269 g/mol. The van der Waals surface area contributed by atoms with E-state index in [1.165, 1.54) is 18.2 Å². The summed E-state index contributed by atoms with van der Waals surface area (Å²) in [6.07, 6.45) is -0.632. The first-order chi connectivity index (χ1) is 8.27. The van der Waals surface area contributed by atoms with Gasteiger partial charge in [-0.05, 0) is 12.1 Å². The first-order valence-corrected chi connectivity index (χ1v) is 6.80. The normalized spacial score (nSPS) is 13.1. The number of hydrogen-bond donors (Lipinski definition) is 2. The van der Waals surface area contributed by atoms with E-state index in [1.807, 2.05) is 13.8 Å². The third-order valence-electron chi connectivity index (χ3n) is 2.33. The SMILES string of the molecule is CC(C)C(N)Oc1cccc(S(N)(=O)=O)c1C#N. The summed E-state index contributed by atoms with van der Waals surface area (Å²) in [5.41, 5.74) is 5.59. The average molecular weight is 269 g/mol. The second kappa shape index (κ2) is 5.35. The Labute approximate surface area is 106 Å². The number of ether oxygens (including phenoxy) is 1. The highest BCUT2D eigenvalue weighted by molar-refractivity contribution is 7.89. The second-order valence-corrected chi connectivity index (χ2v) is 5.64. The Hall–Kier alpha value is -1.62. The molecule has 1 aromatic rings. The molecule has 0 aliphatic carbocycles. The highest BCUT2D eigenvalue weighted by Gasteiger charge is 2.20. The first kappa shape index (κ1) is 14.4. The maximum absolute atomic E-state index is 11.3. The molecule has 0 spiro atoms. The Bertz CT molecular complexity index is 576. The average Bonchev–Trinajstić information content (AvgIpc) is 2.27. The summed E-state index contributed by atoms with van der Waals surface area (Å²) in [6.45, 7) is 3.69. The van der Waals surface area contributed by atoms with E-state index in [0.717, 1.165) is 0 Å². The van der Waals surface area contributed by atoms with Crippen molar-refractivity contribution < 1.29 is 13.2 Å². The van der Waals surface area contributed by atoms with Gasteiger partial charge in [-0.15, -0.1) is 0 Å². The standard InChI is InChI=1S/C11H15N3O3S/c1-7(2)11(13)17-9-4-3-5-10(8(9)6-12)18(14,15)16/h3-5,7,11H,13H2,1-2H3,(H2,14,15,16). The fourth-order valence-corrected chi connectivity index (χ4v) is 1.94. The molecular formula is C11H15N3O3S. The molecule has 18 heavy (non-hydrogen) atoms. The zero-order chi connectivity index (χ0) is 13.9. The Morgan fingerprint density at radius 2 is 2.00 bits per heavy atom. The topological polar surface area (TPSA) is 119 Å². The Morgan fingerprint density at radius 3 is 2.44 bits per heavy atom. The minimum Gasteiger partial charge on any atom is -0.474 e. The van der Waals surface area contributed by atoms with Gasteiger partial charge >= 0.3 is 0 Å². The molecule has 0 aliphatic heterocycles. The van der Waals surface area contributed by atoms with Crippen LogP contribution in [0.15, 0.2) is 23.1 Å². The largest absolute Gasteiger partial charge is 0.474 e. The molecular weight excluding hydrogens is 254 g/mol. The van der Waals surface area contributed by atoms with Gasteiger partial charge in [-0.2, -0.15) is 5.26 Å². The maximum atomic E-state index is 11.3. The molecule has 1 unspecified atom stereocenters. The molecule has 1 atom stereocenters. The molecule has 0 aliphatic rings. The number of hydrogen-bond acceptors (Lipinski definition) is 5. The summed E-state index contributed by atoms with van der Waals surface area (Å²) < 4.78 is 28.0. The van der Waals surface area contributed by atoms with Gasteiger partial charge in [0.1, 0.15) is 28.5 Å². The van der Waals surface area contributed by atoms with Gasteiger partial charge in [-0.3, -0.25) is 5.73 Å². The fraction of sp³-hybridized carbons (Fsp3) is 0.364. The lowest BCUT2D eigenvalue weighted by Crippen LogP contribution is -2.33. The number of nitriles is 1. The molecule has 1 aromatic carbocycles. The van der Waals surface area contributed by atoms with Crippen molar-refractivity contribution in [3.8, 4) is 11.8 Å². The highest BCUT2D eigenvalue weighted by atomic mass is 32.2. The van der Waals surface area contributed by atoms with Crippen LogP contribution in [0.3, 0.4) is 0 Å². The van der Waals surface area contributed by atoms with Crippen LogP contribution in [-0.2, 0) is 10.0 Å². The van der Waals surface area contributed by atoms with Crippen molar-refractivity contribution in [2.75, 3.05) is 0 Å². The van der Waals surface area contributed by atoms with Crippen molar-refractivity contribution >= 4 is 10.0 Å². The lowest BCUT2D eigenvalue weighted by Gasteiger charge is -2.19. The molecule has 0 radical (unpaired) electrons. The van der Waals surface area contributed by atoms with Crippen molar-refractivity contribution in [3.63, 3.8) is 0 Å². The van der Waals surface area contributed by atoms with E-state index < -0.39 is 16.3 Å². The third kappa shape index (κ3) is 3.20. The van der Waals surface area contributed by atoms with E-state index in [-0.39, 0.29) is 22.1 Å². The van der Waals surface area contributed by atoms with Crippen molar-refractivity contribution in [3.05, 3.63) is 23.8 Å². The summed E-state index contributed by atoms with van der Waals surface area (Å²) in [5, 5.41) is 14.1. The van der Waals surface area contributed by atoms with E-state index in [9.17, 15) is 8.42 Å². The van der Waals surface area contributed by atoms with Crippen molar-refractivity contribution in [2.45, 2.75) is 25.0 Å². The minimum atomic E-state index is -3.97. The van der Waals surface area contributed by atoms with Crippen LogP contribution in [0.5, 0.6) is 5.75 Å². The molecule has 0 fully saturated rings. The van der Waals surface area contributed by atoms with Crippen LogP contribution in [0.2, 0.25) is 0 Å². The molecule has 0 saturated heterocycles. The van der Waals surface area contributed by atoms with E-state index in [0.29, 0.717) is 0 Å². The van der Waals surface area contributed by atoms with Crippen LogP contribution in [0.25, 0.3) is 0 Å². The van der Waals surface area contributed by atoms with Crippen LogP contribution in [0.1, 0.15) is 19.4 Å². The van der Waals surface area contributed by atoms with E-state index in [4.69, 9.17) is 20.9 Å². The Balaban J connectivity index is 3.28. The number of rotatable bonds is 4. The van der Waals surface area contributed by atoms with Gasteiger partial charge in [0.25, 0.3) is 0 Å². The van der Waals surface area contributed by atoms with Gasteiger partial charge in [0, 0.05) is 5.92 Å². The summed E-state index contributed by atoms with van der Waals surface area (Å²) in [4.78, 5) is -0.265. The number of primary sulfonamides is 1. The molecule has 98 valence electrons. The highest BCUT2D eigenvalue weighted by Crippen LogP contribution is 2.25. The predicted octanol–water partition coefficient (Wildman–Crippen LogP) is 0.525. The van der Waals surface area contributed by atoms with Crippen LogP contribution >= 0.6 is 0 Å². The molecule has 0 heterocycles. The van der Waals surface area contributed by atoms with Crippen molar-refractivity contribution in [1.82, 2.24) is 0 Å². The number of nitrogens with two attached hydrogens (primary N) is 2. The molecule has 0 amide bonds. The van der Waals surface area contributed by atoms with Crippen LogP contribution in [-0.4, -0.2) is 14.6 Å². The van der Waals surface area contributed by atoms with E-state index >= 15 is 0 Å². The van der Waals surface area contributed by atoms with Gasteiger partial charge in [-0.1, -0.05) is 19.9 Å². The minimum absolute atomic E-state index is 0.0229. The van der Waals surface area contributed by atoms with E-state index in [1.54, 1.807) is 6.07 Å². The lowest BCUT2D eigenvalue weighted by molar-refractivity contribution is 0.157. The third-order valence-corrected chi connectivity index (χ3v) is 3.28. The molecule has 0 saturated carbocycles. The molecule has 7 heteroatoms. The smallest absolute Gasteiger partial charge is 0.239 e. The number of benzene rings is 1. The molecule has 4 N–H and O–H groups in total. The summed E-state index contributed by atoms with van der Waals surface area (Å²) in [5.74, 6) is 0.139. The zero-order valence-corrected chi connectivity index (χ0v) is 10.9. The number of nitrogens with zero attached hydrogens (tertiary/aromatic N) is 1. The van der Waals surface area contributed by atoms with Gasteiger partial charge < -0.3 is 4.74 Å². The van der Waals surface area contributed by atoms with Gasteiger partial charge in [0.05, 0.1) is 0 Å². The lowest BCUT2D eigenvalue weighted by atomic mass is 10.2. The Kier molecular flexibility index (Phi) is 4.29. The molecule has 0 bridgehead atoms. The Morgan fingerprint density at radius 1 is 1.39 bits per heavy atom.